The normalized spacial score (nSPS) is 20.8. The zero-order valence-electron chi connectivity index (χ0n) is 9.09. The molecule has 0 radical (unpaired) electrons. The van der Waals surface area contributed by atoms with Gasteiger partial charge in [0.15, 0.2) is 0 Å². The molecule has 0 saturated carbocycles. The number of rotatable bonds is 2. The SMILES string of the molecule is CC1COCCN1c1ccc(C(=O)O)cn1. The Labute approximate surface area is 93.7 Å². The van der Waals surface area contributed by atoms with E-state index >= 15 is 0 Å². The van der Waals surface area contributed by atoms with Crippen LogP contribution in [0.2, 0.25) is 0 Å². The van der Waals surface area contributed by atoms with E-state index < -0.39 is 5.97 Å². The Bertz CT molecular complexity index is 377. The minimum atomic E-state index is -0.950. The summed E-state index contributed by atoms with van der Waals surface area (Å²) in [7, 11) is 0. The Morgan fingerprint density at radius 1 is 1.62 bits per heavy atom. The minimum Gasteiger partial charge on any atom is -0.478 e. The summed E-state index contributed by atoms with van der Waals surface area (Å²) in [5, 5.41) is 8.76. The highest BCUT2D eigenvalue weighted by molar-refractivity contribution is 5.87. The number of hydrogen-bond donors (Lipinski definition) is 1. The molecular weight excluding hydrogens is 208 g/mol. The Kier molecular flexibility index (Phi) is 3.05. The van der Waals surface area contributed by atoms with Crippen LogP contribution in [0.4, 0.5) is 5.82 Å². The first kappa shape index (κ1) is 10.9. The van der Waals surface area contributed by atoms with E-state index in [0.29, 0.717) is 13.2 Å². The molecule has 1 saturated heterocycles. The predicted octanol–water partition coefficient (Wildman–Crippen LogP) is 1.00. The fourth-order valence-electron chi connectivity index (χ4n) is 1.75. The minimum absolute atomic E-state index is 0.213. The van der Waals surface area contributed by atoms with Crippen LogP contribution in [0.1, 0.15) is 17.3 Å². The van der Waals surface area contributed by atoms with Crippen LogP contribution in [0, 0.1) is 0 Å². The molecule has 2 heterocycles. The van der Waals surface area contributed by atoms with E-state index in [-0.39, 0.29) is 11.6 Å². The van der Waals surface area contributed by atoms with Gasteiger partial charge in [-0.2, -0.15) is 0 Å². The molecule has 1 aromatic heterocycles. The first-order valence-corrected chi connectivity index (χ1v) is 5.22. The molecule has 0 amide bonds. The van der Waals surface area contributed by atoms with Gasteiger partial charge in [0.05, 0.1) is 24.8 Å². The lowest BCUT2D eigenvalue weighted by molar-refractivity contribution is 0.0696. The number of carboxylic acid groups (broad SMARTS) is 1. The van der Waals surface area contributed by atoms with E-state index in [1.807, 2.05) is 0 Å². The lowest BCUT2D eigenvalue weighted by atomic mass is 10.2. The van der Waals surface area contributed by atoms with Gasteiger partial charge in [-0.05, 0) is 19.1 Å². The largest absolute Gasteiger partial charge is 0.478 e. The second-order valence-corrected chi connectivity index (χ2v) is 3.83. The molecule has 1 aliphatic rings. The van der Waals surface area contributed by atoms with Crippen molar-refractivity contribution in [1.82, 2.24) is 4.98 Å². The summed E-state index contributed by atoms with van der Waals surface area (Å²) >= 11 is 0. The molecular formula is C11H14N2O3. The van der Waals surface area contributed by atoms with E-state index in [0.717, 1.165) is 12.4 Å². The van der Waals surface area contributed by atoms with Crippen LogP contribution in [0.3, 0.4) is 0 Å². The molecule has 1 N–H and O–H groups in total. The average Bonchev–Trinajstić information content (AvgIpc) is 2.30. The Morgan fingerprint density at radius 2 is 2.44 bits per heavy atom. The maximum absolute atomic E-state index is 10.7. The van der Waals surface area contributed by atoms with Crippen LogP contribution >= 0.6 is 0 Å². The summed E-state index contributed by atoms with van der Waals surface area (Å²) in [5.41, 5.74) is 0.213. The summed E-state index contributed by atoms with van der Waals surface area (Å²) in [5.74, 6) is -0.144. The molecule has 1 atom stereocenters. The molecule has 0 aliphatic carbocycles. The van der Waals surface area contributed by atoms with E-state index in [4.69, 9.17) is 9.84 Å². The lowest BCUT2D eigenvalue weighted by Crippen LogP contribution is -2.44. The maximum Gasteiger partial charge on any atom is 0.337 e. The topological polar surface area (TPSA) is 62.7 Å². The number of carboxylic acids is 1. The predicted molar refractivity (Wildman–Crippen MR) is 58.8 cm³/mol. The second kappa shape index (κ2) is 4.49. The quantitative estimate of drug-likeness (QED) is 0.809. The smallest absolute Gasteiger partial charge is 0.337 e. The van der Waals surface area contributed by atoms with Gasteiger partial charge < -0.3 is 14.7 Å². The third-order valence-electron chi connectivity index (χ3n) is 2.66. The number of aromatic carboxylic acids is 1. The van der Waals surface area contributed by atoms with Crippen LogP contribution in [-0.2, 0) is 4.74 Å². The van der Waals surface area contributed by atoms with Gasteiger partial charge >= 0.3 is 5.97 Å². The number of nitrogens with zero attached hydrogens (tertiary/aromatic N) is 2. The van der Waals surface area contributed by atoms with Gasteiger partial charge in [-0.1, -0.05) is 0 Å². The number of morpholine rings is 1. The molecule has 86 valence electrons. The zero-order valence-corrected chi connectivity index (χ0v) is 9.09. The van der Waals surface area contributed by atoms with Gasteiger partial charge in [0.2, 0.25) is 0 Å². The van der Waals surface area contributed by atoms with Crippen LogP contribution in [0.15, 0.2) is 18.3 Å². The van der Waals surface area contributed by atoms with Gasteiger partial charge in [-0.3, -0.25) is 0 Å². The van der Waals surface area contributed by atoms with E-state index in [1.165, 1.54) is 6.20 Å². The average molecular weight is 222 g/mol. The van der Waals surface area contributed by atoms with E-state index in [9.17, 15) is 4.79 Å². The zero-order chi connectivity index (χ0) is 11.5. The van der Waals surface area contributed by atoms with E-state index in [2.05, 4.69) is 16.8 Å². The van der Waals surface area contributed by atoms with Crippen LogP contribution in [0.5, 0.6) is 0 Å². The van der Waals surface area contributed by atoms with Crippen molar-refractivity contribution in [2.24, 2.45) is 0 Å². The van der Waals surface area contributed by atoms with Crippen molar-refractivity contribution in [2.75, 3.05) is 24.7 Å². The third-order valence-corrected chi connectivity index (χ3v) is 2.66. The lowest BCUT2D eigenvalue weighted by Gasteiger charge is -2.34. The van der Waals surface area contributed by atoms with Gasteiger partial charge in [0, 0.05) is 12.7 Å². The maximum atomic E-state index is 10.7. The number of hydrogen-bond acceptors (Lipinski definition) is 4. The molecule has 5 nitrogen and oxygen atoms in total. The Hall–Kier alpha value is -1.62. The fraction of sp³-hybridized carbons (Fsp3) is 0.455. The van der Waals surface area contributed by atoms with Crippen LogP contribution in [-0.4, -0.2) is 41.9 Å². The number of ether oxygens (including phenoxy) is 1. The molecule has 0 spiro atoms. The Balaban J connectivity index is 2.17. The van der Waals surface area contributed by atoms with Gasteiger partial charge in [-0.25, -0.2) is 9.78 Å². The highest BCUT2D eigenvalue weighted by Crippen LogP contribution is 2.17. The summed E-state index contributed by atoms with van der Waals surface area (Å²) < 4.78 is 5.33. The number of carbonyl (C=O) groups is 1. The second-order valence-electron chi connectivity index (χ2n) is 3.83. The summed E-state index contributed by atoms with van der Waals surface area (Å²) in [6.45, 7) is 4.22. The molecule has 16 heavy (non-hydrogen) atoms. The monoisotopic (exact) mass is 222 g/mol. The standard InChI is InChI=1S/C11H14N2O3/c1-8-7-16-5-4-13(8)10-3-2-9(6-12-10)11(14)15/h2-3,6,8H,4-5,7H2,1H3,(H,14,15). The van der Waals surface area contributed by atoms with E-state index in [1.54, 1.807) is 12.1 Å². The van der Waals surface area contributed by atoms with Crippen molar-refractivity contribution in [3.8, 4) is 0 Å². The highest BCUT2D eigenvalue weighted by atomic mass is 16.5. The molecule has 0 bridgehead atoms. The number of aromatic nitrogens is 1. The molecule has 1 unspecified atom stereocenters. The van der Waals surface area contributed by atoms with Crippen molar-refractivity contribution in [1.29, 1.82) is 0 Å². The molecule has 5 heteroatoms. The third kappa shape index (κ3) is 2.14. The fourth-order valence-corrected chi connectivity index (χ4v) is 1.75. The number of pyridine rings is 1. The number of anilines is 1. The molecule has 2 rings (SSSR count). The Morgan fingerprint density at radius 3 is 3.00 bits per heavy atom. The highest BCUT2D eigenvalue weighted by Gasteiger charge is 2.20. The molecule has 1 aliphatic heterocycles. The first-order valence-electron chi connectivity index (χ1n) is 5.22. The van der Waals surface area contributed by atoms with Crippen LogP contribution < -0.4 is 4.90 Å². The molecule has 0 aromatic carbocycles. The van der Waals surface area contributed by atoms with Crippen molar-refractivity contribution in [2.45, 2.75) is 13.0 Å². The summed E-state index contributed by atoms with van der Waals surface area (Å²) in [6, 6.07) is 3.59. The van der Waals surface area contributed by atoms with Gasteiger partial charge in [-0.15, -0.1) is 0 Å². The molecule has 1 aromatic rings. The first-order chi connectivity index (χ1) is 7.68. The van der Waals surface area contributed by atoms with Crippen molar-refractivity contribution in [3.63, 3.8) is 0 Å². The van der Waals surface area contributed by atoms with Crippen molar-refractivity contribution < 1.29 is 14.6 Å². The van der Waals surface area contributed by atoms with Gasteiger partial charge in [0.25, 0.3) is 0 Å². The summed E-state index contributed by atoms with van der Waals surface area (Å²) in [4.78, 5) is 17.0. The van der Waals surface area contributed by atoms with Crippen LogP contribution in [0.25, 0.3) is 0 Å². The summed E-state index contributed by atoms with van der Waals surface area (Å²) in [6.07, 6.45) is 1.39. The van der Waals surface area contributed by atoms with Gasteiger partial charge in [0.1, 0.15) is 5.82 Å². The molecule has 1 fully saturated rings. The van der Waals surface area contributed by atoms with Crippen molar-refractivity contribution >= 4 is 11.8 Å². The van der Waals surface area contributed by atoms with Crippen molar-refractivity contribution in [3.05, 3.63) is 23.9 Å².